The summed E-state index contributed by atoms with van der Waals surface area (Å²) in [6.45, 7) is 6.01. The third kappa shape index (κ3) is 5.60. The van der Waals surface area contributed by atoms with Gasteiger partial charge in [-0.05, 0) is 37.1 Å². The van der Waals surface area contributed by atoms with Gasteiger partial charge in [0.25, 0.3) is 0 Å². The first-order valence-electron chi connectivity index (χ1n) is 7.96. The van der Waals surface area contributed by atoms with E-state index in [2.05, 4.69) is 39.1 Å². The Kier molecular flexibility index (Phi) is 6.58. The summed E-state index contributed by atoms with van der Waals surface area (Å²) in [5.74, 6) is 0.734. The number of methoxy groups -OCH3 is 1. The molecule has 1 atom stereocenters. The Morgan fingerprint density at radius 1 is 1.24 bits per heavy atom. The molecule has 0 radical (unpaired) electrons. The molecule has 1 unspecified atom stereocenters. The number of hydrogen-bond acceptors (Lipinski definition) is 6. The fraction of sp³-hybridized carbons (Fsp3) is 0.412. The molecule has 0 aliphatic heterocycles. The number of anilines is 1. The topological polar surface area (TPSA) is 97.0 Å². The van der Waals surface area contributed by atoms with E-state index in [4.69, 9.17) is 0 Å². The van der Waals surface area contributed by atoms with E-state index < -0.39 is 5.97 Å². The molecule has 134 valence electrons. The molecule has 0 aliphatic carbocycles. The van der Waals surface area contributed by atoms with Crippen LogP contribution >= 0.6 is 11.8 Å². The third-order valence-corrected chi connectivity index (χ3v) is 4.30. The minimum absolute atomic E-state index is 0.161. The lowest BCUT2D eigenvalue weighted by atomic mass is 10.1. The lowest BCUT2D eigenvalue weighted by molar-refractivity contribution is -0.115. The molecule has 8 heteroatoms. The average Bonchev–Trinajstić information content (AvgIpc) is 3.00. The minimum atomic E-state index is -0.413. The van der Waals surface area contributed by atoms with Gasteiger partial charge in [-0.15, -0.1) is 5.10 Å². The molecule has 0 saturated heterocycles. The fourth-order valence-electron chi connectivity index (χ4n) is 2.07. The van der Waals surface area contributed by atoms with Crippen LogP contribution in [0, 0.1) is 5.92 Å². The lowest BCUT2D eigenvalue weighted by Gasteiger charge is -2.10. The van der Waals surface area contributed by atoms with Crippen LogP contribution in [-0.2, 0) is 16.0 Å². The number of rotatable bonds is 7. The Morgan fingerprint density at radius 2 is 1.92 bits per heavy atom. The summed E-state index contributed by atoms with van der Waals surface area (Å²) in [4.78, 5) is 28.1. The summed E-state index contributed by atoms with van der Waals surface area (Å²) in [7, 11) is 1.33. The van der Waals surface area contributed by atoms with E-state index in [0.29, 0.717) is 22.3 Å². The molecule has 25 heavy (non-hydrogen) atoms. The summed E-state index contributed by atoms with van der Waals surface area (Å²) in [6, 6.07) is 6.53. The Balaban J connectivity index is 1.91. The highest BCUT2D eigenvalue weighted by Crippen LogP contribution is 2.21. The number of nitrogens with zero attached hydrogens (tertiary/aromatic N) is 2. The SMILES string of the molecule is COC(=O)c1ccc(NC(=O)C(C)Sc2n[nH]c(CC(C)C)n2)cc1. The minimum Gasteiger partial charge on any atom is -0.465 e. The smallest absolute Gasteiger partial charge is 0.337 e. The van der Waals surface area contributed by atoms with Crippen LogP contribution in [0.1, 0.15) is 37.0 Å². The van der Waals surface area contributed by atoms with Crippen molar-refractivity contribution in [3.8, 4) is 0 Å². The number of nitrogens with one attached hydrogen (secondary N) is 2. The highest BCUT2D eigenvalue weighted by molar-refractivity contribution is 8.00. The van der Waals surface area contributed by atoms with Gasteiger partial charge >= 0.3 is 5.97 Å². The quantitative estimate of drug-likeness (QED) is 0.581. The maximum atomic E-state index is 12.3. The zero-order valence-corrected chi connectivity index (χ0v) is 15.5. The van der Waals surface area contributed by atoms with E-state index in [1.54, 1.807) is 31.2 Å². The summed E-state index contributed by atoms with van der Waals surface area (Å²) < 4.78 is 4.64. The van der Waals surface area contributed by atoms with Gasteiger partial charge in [0.05, 0.1) is 17.9 Å². The molecular weight excluding hydrogens is 340 g/mol. The zero-order chi connectivity index (χ0) is 18.4. The van der Waals surface area contributed by atoms with Crippen LogP contribution in [0.15, 0.2) is 29.4 Å². The van der Waals surface area contributed by atoms with Gasteiger partial charge < -0.3 is 10.1 Å². The largest absolute Gasteiger partial charge is 0.465 e. The number of carbonyl (C=O) groups excluding carboxylic acids is 2. The predicted molar refractivity (Wildman–Crippen MR) is 96.7 cm³/mol. The second-order valence-corrected chi connectivity index (χ2v) is 7.29. The van der Waals surface area contributed by atoms with E-state index in [1.807, 2.05) is 0 Å². The Hall–Kier alpha value is -2.35. The fourth-order valence-corrected chi connectivity index (χ4v) is 2.81. The van der Waals surface area contributed by atoms with E-state index in [0.717, 1.165) is 12.2 Å². The molecule has 1 aromatic heterocycles. The molecule has 0 saturated carbocycles. The highest BCUT2D eigenvalue weighted by atomic mass is 32.2. The zero-order valence-electron chi connectivity index (χ0n) is 14.7. The van der Waals surface area contributed by atoms with E-state index >= 15 is 0 Å². The summed E-state index contributed by atoms with van der Waals surface area (Å²) >= 11 is 1.29. The van der Waals surface area contributed by atoms with Crippen molar-refractivity contribution in [2.24, 2.45) is 5.92 Å². The highest BCUT2D eigenvalue weighted by Gasteiger charge is 2.18. The van der Waals surface area contributed by atoms with Gasteiger partial charge in [0, 0.05) is 12.1 Å². The van der Waals surface area contributed by atoms with Crippen LogP contribution in [0.3, 0.4) is 0 Å². The van der Waals surface area contributed by atoms with Crippen molar-refractivity contribution in [3.05, 3.63) is 35.7 Å². The van der Waals surface area contributed by atoms with Crippen LogP contribution in [0.4, 0.5) is 5.69 Å². The third-order valence-electron chi connectivity index (χ3n) is 3.34. The molecule has 2 N–H and O–H groups in total. The number of hydrogen-bond donors (Lipinski definition) is 2. The number of H-pyrrole nitrogens is 1. The number of thioether (sulfide) groups is 1. The predicted octanol–water partition coefficient (Wildman–Crippen LogP) is 2.91. The van der Waals surface area contributed by atoms with Gasteiger partial charge in [0.1, 0.15) is 5.82 Å². The van der Waals surface area contributed by atoms with Crippen molar-refractivity contribution >= 4 is 29.3 Å². The van der Waals surface area contributed by atoms with Crippen molar-refractivity contribution in [1.29, 1.82) is 0 Å². The normalized spacial score (nSPS) is 12.0. The summed E-state index contributed by atoms with van der Waals surface area (Å²) in [6.07, 6.45) is 0.820. The van der Waals surface area contributed by atoms with Gasteiger partial charge in [-0.3, -0.25) is 9.89 Å². The van der Waals surface area contributed by atoms with E-state index in [9.17, 15) is 9.59 Å². The number of ether oxygens (including phenoxy) is 1. The van der Waals surface area contributed by atoms with E-state index in [1.165, 1.54) is 18.9 Å². The maximum absolute atomic E-state index is 12.3. The van der Waals surface area contributed by atoms with Gasteiger partial charge in [0.15, 0.2) is 0 Å². The van der Waals surface area contributed by atoms with Gasteiger partial charge in [0.2, 0.25) is 11.1 Å². The first kappa shape index (κ1) is 19.0. The van der Waals surface area contributed by atoms with E-state index in [-0.39, 0.29) is 11.2 Å². The number of amides is 1. The monoisotopic (exact) mass is 362 g/mol. The number of esters is 1. The standard InChI is InChI=1S/C17H22N4O3S/c1-10(2)9-14-19-17(21-20-14)25-11(3)15(22)18-13-7-5-12(6-8-13)16(23)24-4/h5-8,10-11H,9H2,1-4H3,(H,18,22)(H,19,20,21). The molecule has 2 aromatic rings. The van der Waals surface area contributed by atoms with Gasteiger partial charge in [-0.2, -0.15) is 0 Å². The van der Waals surface area contributed by atoms with Crippen molar-refractivity contribution in [2.75, 3.05) is 12.4 Å². The second kappa shape index (κ2) is 8.66. The molecule has 0 spiro atoms. The number of benzene rings is 1. The number of aromatic nitrogens is 3. The molecule has 0 aliphatic rings. The molecule has 0 bridgehead atoms. The van der Waals surface area contributed by atoms with Crippen molar-refractivity contribution in [1.82, 2.24) is 15.2 Å². The van der Waals surface area contributed by atoms with Crippen LogP contribution in [-0.4, -0.2) is 39.4 Å². The van der Waals surface area contributed by atoms with Gasteiger partial charge in [-0.25, -0.2) is 9.78 Å². The molecule has 7 nitrogen and oxygen atoms in total. The van der Waals surface area contributed by atoms with Crippen LogP contribution in [0.5, 0.6) is 0 Å². The van der Waals surface area contributed by atoms with Crippen molar-refractivity contribution in [3.63, 3.8) is 0 Å². The Morgan fingerprint density at radius 3 is 2.52 bits per heavy atom. The molecular formula is C17H22N4O3S. The summed E-state index contributed by atoms with van der Waals surface area (Å²) in [5.41, 5.74) is 1.04. The van der Waals surface area contributed by atoms with Crippen molar-refractivity contribution in [2.45, 2.75) is 37.6 Å². The Bertz CT molecular complexity index is 728. The van der Waals surface area contributed by atoms with Crippen molar-refractivity contribution < 1.29 is 14.3 Å². The average molecular weight is 362 g/mol. The molecule has 2 rings (SSSR count). The number of carbonyl (C=O) groups is 2. The summed E-state index contributed by atoms with van der Waals surface area (Å²) in [5, 5.41) is 10.0. The van der Waals surface area contributed by atoms with Crippen LogP contribution < -0.4 is 5.32 Å². The van der Waals surface area contributed by atoms with Crippen LogP contribution in [0.2, 0.25) is 0 Å². The lowest BCUT2D eigenvalue weighted by Crippen LogP contribution is -2.22. The first-order valence-corrected chi connectivity index (χ1v) is 8.84. The molecule has 0 fully saturated rings. The molecule has 1 heterocycles. The maximum Gasteiger partial charge on any atom is 0.337 e. The van der Waals surface area contributed by atoms with Crippen LogP contribution in [0.25, 0.3) is 0 Å². The molecule has 1 amide bonds. The number of aromatic amines is 1. The van der Waals surface area contributed by atoms with Gasteiger partial charge in [-0.1, -0.05) is 25.6 Å². The second-order valence-electron chi connectivity index (χ2n) is 5.98. The molecule has 1 aromatic carbocycles. The Labute approximate surface area is 150 Å². The first-order chi connectivity index (χ1) is 11.9.